The fourth-order valence-electron chi connectivity index (χ4n) is 2.16. The van der Waals surface area contributed by atoms with Crippen molar-refractivity contribution in [2.24, 2.45) is 11.3 Å². The molecule has 0 aromatic carbocycles. The van der Waals surface area contributed by atoms with Crippen molar-refractivity contribution in [1.29, 1.82) is 0 Å². The minimum atomic E-state index is -0.117. The number of rotatable bonds is 2. The Labute approximate surface area is 72.5 Å². The number of hydrogen-bond acceptors (Lipinski definition) is 3. The second-order valence-electron chi connectivity index (χ2n) is 3.74. The third kappa shape index (κ3) is 1.04. The summed E-state index contributed by atoms with van der Waals surface area (Å²) in [6.07, 6.45) is 2.18. The SMILES string of the molecule is CCOC(=O)C12CNCCC1C2. The van der Waals surface area contributed by atoms with Crippen LogP contribution in [0.5, 0.6) is 0 Å². The Hall–Kier alpha value is -0.570. The van der Waals surface area contributed by atoms with Gasteiger partial charge in [-0.05, 0) is 32.2 Å². The summed E-state index contributed by atoms with van der Waals surface area (Å²) in [6, 6.07) is 0. The molecule has 0 amide bonds. The van der Waals surface area contributed by atoms with Crippen molar-refractivity contribution < 1.29 is 9.53 Å². The molecule has 0 radical (unpaired) electrons. The molecule has 68 valence electrons. The van der Waals surface area contributed by atoms with Gasteiger partial charge in [-0.2, -0.15) is 0 Å². The number of carbonyl (C=O) groups is 1. The molecule has 0 aromatic heterocycles. The summed E-state index contributed by atoms with van der Waals surface area (Å²) in [4.78, 5) is 11.5. The Balaban J connectivity index is 1.98. The maximum Gasteiger partial charge on any atom is 0.313 e. The molecular formula is C9H15NO2. The zero-order valence-corrected chi connectivity index (χ0v) is 7.43. The second kappa shape index (κ2) is 2.73. The summed E-state index contributed by atoms with van der Waals surface area (Å²) < 4.78 is 5.05. The van der Waals surface area contributed by atoms with Crippen molar-refractivity contribution in [1.82, 2.24) is 5.32 Å². The predicted molar refractivity (Wildman–Crippen MR) is 44.7 cm³/mol. The Bertz CT molecular complexity index is 205. The largest absolute Gasteiger partial charge is 0.466 e. The van der Waals surface area contributed by atoms with Crippen LogP contribution in [0.3, 0.4) is 0 Å². The number of nitrogens with one attached hydrogen (secondary N) is 1. The molecule has 1 saturated carbocycles. The Morgan fingerprint density at radius 1 is 1.75 bits per heavy atom. The van der Waals surface area contributed by atoms with E-state index in [0.717, 1.165) is 25.9 Å². The second-order valence-corrected chi connectivity index (χ2v) is 3.74. The van der Waals surface area contributed by atoms with E-state index in [9.17, 15) is 4.79 Å². The molecule has 1 saturated heterocycles. The summed E-state index contributed by atoms with van der Waals surface area (Å²) in [6.45, 7) is 4.26. The van der Waals surface area contributed by atoms with Crippen LogP contribution in [0.2, 0.25) is 0 Å². The lowest BCUT2D eigenvalue weighted by molar-refractivity contribution is -0.150. The Morgan fingerprint density at radius 2 is 2.58 bits per heavy atom. The standard InChI is InChI=1S/C9H15NO2/c1-2-12-8(11)9-5-7(9)3-4-10-6-9/h7,10H,2-6H2,1H3. The van der Waals surface area contributed by atoms with Gasteiger partial charge < -0.3 is 10.1 Å². The zero-order valence-electron chi connectivity index (χ0n) is 7.43. The van der Waals surface area contributed by atoms with Gasteiger partial charge in [0.2, 0.25) is 0 Å². The maximum atomic E-state index is 11.5. The van der Waals surface area contributed by atoms with Gasteiger partial charge in [0.25, 0.3) is 0 Å². The predicted octanol–water partition coefficient (Wildman–Crippen LogP) is 0.549. The number of carbonyl (C=O) groups excluding carboxylic acids is 1. The number of ether oxygens (including phenoxy) is 1. The summed E-state index contributed by atoms with van der Waals surface area (Å²) in [5.41, 5.74) is -0.117. The minimum absolute atomic E-state index is 0.0159. The average Bonchev–Trinajstić information content (AvgIpc) is 2.79. The highest BCUT2D eigenvalue weighted by molar-refractivity contribution is 5.81. The van der Waals surface area contributed by atoms with Crippen molar-refractivity contribution >= 4 is 5.97 Å². The van der Waals surface area contributed by atoms with E-state index in [0.29, 0.717) is 12.5 Å². The molecule has 2 aliphatic rings. The number of hydrogen-bond donors (Lipinski definition) is 1. The first-order valence-electron chi connectivity index (χ1n) is 4.67. The summed E-state index contributed by atoms with van der Waals surface area (Å²) >= 11 is 0. The van der Waals surface area contributed by atoms with Gasteiger partial charge in [-0.1, -0.05) is 0 Å². The molecule has 2 atom stereocenters. The first kappa shape index (κ1) is 8.05. The number of piperidine rings is 1. The Kier molecular flexibility index (Phi) is 1.83. The molecule has 1 heterocycles. The highest BCUT2D eigenvalue weighted by Gasteiger charge is 2.61. The van der Waals surface area contributed by atoms with Crippen LogP contribution < -0.4 is 5.32 Å². The lowest BCUT2D eigenvalue weighted by atomic mass is 9.99. The smallest absolute Gasteiger partial charge is 0.313 e. The highest BCUT2D eigenvalue weighted by atomic mass is 16.5. The van der Waals surface area contributed by atoms with Crippen LogP contribution in [-0.2, 0) is 9.53 Å². The van der Waals surface area contributed by atoms with E-state index in [4.69, 9.17) is 4.74 Å². The van der Waals surface area contributed by atoms with E-state index in [2.05, 4.69) is 5.32 Å². The normalized spacial score (nSPS) is 38.6. The van der Waals surface area contributed by atoms with Crippen LogP contribution in [0.1, 0.15) is 19.8 Å². The Morgan fingerprint density at radius 3 is 3.25 bits per heavy atom. The number of fused-ring (bicyclic) bond motifs is 1. The van der Waals surface area contributed by atoms with E-state index in [1.54, 1.807) is 0 Å². The molecule has 3 heteroatoms. The lowest BCUT2D eigenvalue weighted by Gasteiger charge is -2.20. The zero-order chi connectivity index (χ0) is 8.60. The van der Waals surface area contributed by atoms with Crippen LogP contribution in [-0.4, -0.2) is 25.7 Å². The fraction of sp³-hybridized carbons (Fsp3) is 0.889. The first-order chi connectivity index (χ1) is 5.79. The average molecular weight is 169 g/mol. The highest BCUT2D eigenvalue weighted by Crippen LogP contribution is 2.56. The van der Waals surface area contributed by atoms with Crippen LogP contribution >= 0.6 is 0 Å². The van der Waals surface area contributed by atoms with Crippen molar-refractivity contribution in [2.75, 3.05) is 19.7 Å². The summed E-state index contributed by atoms with van der Waals surface area (Å²) in [5.74, 6) is 0.625. The molecule has 12 heavy (non-hydrogen) atoms. The van der Waals surface area contributed by atoms with Crippen LogP contribution in [0.25, 0.3) is 0 Å². The molecule has 1 aliphatic carbocycles. The molecule has 1 aliphatic heterocycles. The third-order valence-electron chi connectivity index (χ3n) is 3.02. The van der Waals surface area contributed by atoms with Gasteiger partial charge in [-0.15, -0.1) is 0 Å². The van der Waals surface area contributed by atoms with Gasteiger partial charge in [0.05, 0.1) is 12.0 Å². The lowest BCUT2D eigenvalue weighted by Crippen LogP contribution is -2.37. The minimum Gasteiger partial charge on any atom is -0.466 e. The van der Waals surface area contributed by atoms with E-state index >= 15 is 0 Å². The van der Waals surface area contributed by atoms with Crippen molar-refractivity contribution in [3.05, 3.63) is 0 Å². The monoisotopic (exact) mass is 169 g/mol. The van der Waals surface area contributed by atoms with Gasteiger partial charge in [-0.25, -0.2) is 0 Å². The van der Waals surface area contributed by atoms with Gasteiger partial charge in [0, 0.05) is 6.54 Å². The summed E-state index contributed by atoms with van der Waals surface area (Å²) in [7, 11) is 0. The van der Waals surface area contributed by atoms with Gasteiger partial charge in [0.15, 0.2) is 0 Å². The van der Waals surface area contributed by atoms with Gasteiger partial charge in [0.1, 0.15) is 0 Å². The van der Waals surface area contributed by atoms with Crippen LogP contribution in [0.15, 0.2) is 0 Å². The van der Waals surface area contributed by atoms with Crippen molar-refractivity contribution in [3.8, 4) is 0 Å². The summed E-state index contributed by atoms with van der Waals surface area (Å²) in [5, 5.41) is 3.26. The molecule has 2 fully saturated rings. The molecule has 0 spiro atoms. The van der Waals surface area contributed by atoms with Crippen LogP contribution in [0, 0.1) is 11.3 Å². The molecule has 2 rings (SSSR count). The molecule has 0 aromatic rings. The van der Waals surface area contributed by atoms with E-state index < -0.39 is 0 Å². The maximum absolute atomic E-state index is 11.5. The topological polar surface area (TPSA) is 38.3 Å². The first-order valence-corrected chi connectivity index (χ1v) is 4.67. The van der Waals surface area contributed by atoms with E-state index in [1.165, 1.54) is 0 Å². The fourth-order valence-corrected chi connectivity index (χ4v) is 2.16. The number of esters is 1. The van der Waals surface area contributed by atoms with Crippen LogP contribution in [0.4, 0.5) is 0 Å². The molecule has 3 nitrogen and oxygen atoms in total. The molecular weight excluding hydrogens is 154 g/mol. The molecule has 2 unspecified atom stereocenters. The molecule has 0 bridgehead atoms. The van der Waals surface area contributed by atoms with E-state index in [-0.39, 0.29) is 11.4 Å². The molecule has 1 N–H and O–H groups in total. The van der Waals surface area contributed by atoms with E-state index in [1.807, 2.05) is 6.92 Å². The third-order valence-corrected chi connectivity index (χ3v) is 3.02. The van der Waals surface area contributed by atoms with Gasteiger partial charge >= 0.3 is 5.97 Å². The quantitative estimate of drug-likeness (QED) is 0.613. The van der Waals surface area contributed by atoms with Gasteiger partial charge in [-0.3, -0.25) is 4.79 Å². The van der Waals surface area contributed by atoms with Crippen molar-refractivity contribution in [3.63, 3.8) is 0 Å². The van der Waals surface area contributed by atoms with Crippen molar-refractivity contribution in [2.45, 2.75) is 19.8 Å².